The highest BCUT2D eigenvalue weighted by molar-refractivity contribution is 9.10. The molecule has 2 N–H and O–H groups in total. The molecule has 0 spiro atoms. The van der Waals surface area contributed by atoms with Gasteiger partial charge < -0.3 is 10.4 Å². The van der Waals surface area contributed by atoms with E-state index in [1.807, 2.05) is 62.5 Å². The molecule has 0 saturated heterocycles. The smallest absolute Gasteiger partial charge is 0.164 e. The van der Waals surface area contributed by atoms with Crippen LogP contribution in [-0.2, 0) is 20.0 Å². The lowest BCUT2D eigenvalue weighted by atomic mass is 9.99. The van der Waals surface area contributed by atoms with Gasteiger partial charge in [0.1, 0.15) is 17.7 Å². The lowest BCUT2D eigenvalue weighted by molar-refractivity contribution is 0.219. The van der Waals surface area contributed by atoms with E-state index in [1.54, 1.807) is 16.8 Å². The number of nitrogens with one attached hydrogen (secondary N) is 1. The summed E-state index contributed by atoms with van der Waals surface area (Å²) in [4.78, 5) is 9.73. The number of aliphatic hydroxyl groups excluding tert-OH is 1. The average Bonchev–Trinajstić information content (AvgIpc) is 3.24. The van der Waals surface area contributed by atoms with Crippen LogP contribution in [-0.4, -0.2) is 24.9 Å². The molecule has 0 saturated carbocycles. The van der Waals surface area contributed by atoms with Gasteiger partial charge in [0, 0.05) is 23.6 Å². The third-order valence-corrected chi connectivity index (χ3v) is 6.85. The normalized spacial score (nSPS) is 12.1. The molecule has 8 heteroatoms. The van der Waals surface area contributed by atoms with Crippen molar-refractivity contribution in [2.24, 2.45) is 7.05 Å². The molecule has 0 radical (unpaired) electrons. The Bertz CT molecular complexity index is 1520. The first kappa shape index (κ1) is 24.1. The zero-order valence-corrected chi connectivity index (χ0v) is 21.5. The summed E-state index contributed by atoms with van der Waals surface area (Å²) < 4.78 is 15.9. The minimum Gasteiger partial charge on any atom is -0.384 e. The average molecular weight is 546 g/mol. The molecule has 182 valence electrons. The highest BCUT2D eigenvalue weighted by Gasteiger charge is 2.20. The SMILES string of the molecule is CCc1nn(C)c2nc(-c3ccc(Br)c(C(O)c4ccccc4)c3)nc(NCc3ccc(F)cc3)c12. The molecule has 2 aromatic heterocycles. The van der Waals surface area contributed by atoms with E-state index in [0.717, 1.165) is 44.2 Å². The number of aliphatic hydroxyl groups is 1. The van der Waals surface area contributed by atoms with Crippen LogP contribution in [0.2, 0.25) is 0 Å². The Morgan fingerprint density at radius 3 is 2.50 bits per heavy atom. The van der Waals surface area contributed by atoms with Crippen LogP contribution in [0.25, 0.3) is 22.4 Å². The number of hydrogen-bond acceptors (Lipinski definition) is 5. The summed E-state index contributed by atoms with van der Waals surface area (Å²) in [5, 5.41) is 20.0. The summed E-state index contributed by atoms with van der Waals surface area (Å²) in [7, 11) is 1.87. The van der Waals surface area contributed by atoms with Gasteiger partial charge in [0.15, 0.2) is 11.5 Å². The molecule has 0 aliphatic heterocycles. The van der Waals surface area contributed by atoms with E-state index >= 15 is 0 Å². The lowest BCUT2D eigenvalue weighted by Crippen LogP contribution is -2.06. The molecule has 0 aliphatic carbocycles. The highest BCUT2D eigenvalue weighted by atomic mass is 79.9. The summed E-state index contributed by atoms with van der Waals surface area (Å²) in [6, 6.07) is 21.6. The van der Waals surface area contributed by atoms with Crippen molar-refractivity contribution in [2.45, 2.75) is 26.0 Å². The predicted octanol–water partition coefficient (Wildman–Crippen LogP) is 6.19. The summed E-state index contributed by atoms with van der Waals surface area (Å²) >= 11 is 3.58. The van der Waals surface area contributed by atoms with Crippen molar-refractivity contribution in [3.8, 4) is 11.4 Å². The van der Waals surface area contributed by atoms with Crippen molar-refractivity contribution in [3.63, 3.8) is 0 Å². The van der Waals surface area contributed by atoms with Crippen molar-refractivity contribution in [3.05, 3.63) is 105 Å². The van der Waals surface area contributed by atoms with E-state index in [-0.39, 0.29) is 5.82 Å². The zero-order valence-electron chi connectivity index (χ0n) is 19.9. The molecular weight excluding hydrogens is 521 g/mol. The fourth-order valence-corrected chi connectivity index (χ4v) is 4.69. The lowest BCUT2D eigenvalue weighted by Gasteiger charge is -2.15. The molecule has 0 fully saturated rings. The van der Waals surface area contributed by atoms with E-state index in [4.69, 9.17) is 9.97 Å². The van der Waals surface area contributed by atoms with Crippen LogP contribution in [0.5, 0.6) is 0 Å². The zero-order chi connectivity index (χ0) is 25.2. The Balaban J connectivity index is 1.58. The van der Waals surface area contributed by atoms with Gasteiger partial charge in [-0.15, -0.1) is 0 Å². The second-order valence-electron chi connectivity index (χ2n) is 8.55. The molecule has 0 aliphatic rings. The summed E-state index contributed by atoms with van der Waals surface area (Å²) in [5.74, 6) is 0.913. The van der Waals surface area contributed by atoms with Gasteiger partial charge in [-0.1, -0.05) is 71.4 Å². The standard InChI is InChI=1S/C28H25BrFN5O/c1-3-23-24-27(31-16-17-9-12-20(30)13-10-17)32-26(33-28(24)35(2)34-23)19-11-14-22(29)21(15-19)25(36)18-7-5-4-6-8-18/h4-15,25,36H,3,16H2,1-2H3,(H,31,32,33). The van der Waals surface area contributed by atoms with E-state index < -0.39 is 6.10 Å². The Hall–Kier alpha value is -3.62. The molecule has 0 bridgehead atoms. The number of anilines is 1. The fourth-order valence-electron chi connectivity index (χ4n) is 4.23. The fraction of sp³-hybridized carbons (Fsp3) is 0.179. The predicted molar refractivity (Wildman–Crippen MR) is 143 cm³/mol. The highest BCUT2D eigenvalue weighted by Crippen LogP contribution is 2.34. The number of aryl methyl sites for hydroxylation is 2. The Morgan fingerprint density at radius 1 is 1.03 bits per heavy atom. The number of halogens is 2. The van der Waals surface area contributed by atoms with Gasteiger partial charge in [-0.25, -0.2) is 19.0 Å². The van der Waals surface area contributed by atoms with Crippen LogP contribution in [0, 0.1) is 5.82 Å². The van der Waals surface area contributed by atoms with E-state index in [2.05, 4.69) is 26.3 Å². The number of benzene rings is 3. The number of aromatic nitrogens is 4. The number of hydrogen-bond donors (Lipinski definition) is 2. The minimum absolute atomic E-state index is 0.269. The Morgan fingerprint density at radius 2 is 1.78 bits per heavy atom. The van der Waals surface area contributed by atoms with Gasteiger partial charge in [0.2, 0.25) is 0 Å². The third kappa shape index (κ3) is 4.74. The summed E-state index contributed by atoms with van der Waals surface area (Å²) in [5.41, 5.74) is 4.84. The molecule has 1 unspecified atom stereocenters. The van der Waals surface area contributed by atoms with E-state index in [1.165, 1.54) is 12.1 Å². The third-order valence-electron chi connectivity index (χ3n) is 6.13. The maximum atomic E-state index is 13.4. The van der Waals surface area contributed by atoms with Gasteiger partial charge in [0.05, 0.1) is 11.1 Å². The second kappa shape index (κ2) is 10.2. The van der Waals surface area contributed by atoms with Crippen LogP contribution < -0.4 is 5.32 Å². The molecule has 2 heterocycles. The summed E-state index contributed by atoms with van der Waals surface area (Å²) in [6.45, 7) is 2.52. The van der Waals surface area contributed by atoms with E-state index in [9.17, 15) is 9.50 Å². The van der Waals surface area contributed by atoms with Crippen molar-refractivity contribution >= 4 is 32.8 Å². The maximum Gasteiger partial charge on any atom is 0.164 e. The van der Waals surface area contributed by atoms with Gasteiger partial charge in [0.25, 0.3) is 0 Å². The Kier molecular flexibility index (Phi) is 6.80. The van der Waals surface area contributed by atoms with Gasteiger partial charge in [-0.05, 0) is 47.4 Å². The molecule has 0 amide bonds. The molecule has 5 aromatic rings. The van der Waals surface area contributed by atoms with Crippen LogP contribution in [0.1, 0.15) is 35.4 Å². The molecule has 36 heavy (non-hydrogen) atoms. The first-order valence-corrected chi connectivity index (χ1v) is 12.5. The first-order valence-electron chi connectivity index (χ1n) is 11.7. The number of nitrogens with zero attached hydrogens (tertiary/aromatic N) is 4. The van der Waals surface area contributed by atoms with Crippen molar-refractivity contribution < 1.29 is 9.50 Å². The first-order chi connectivity index (χ1) is 17.4. The van der Waals surface area contributed by atoms with Gasteiger partial charge >= 0.3 is 0 Å². The molecule has 1 atom stereocenters. The number of fused-ring (bicyclic) bond motifs is 1. The van der Waals surface area contributed by atoms with Gasteiger partial charge in [-0.3, -0.25) is 0 Å². The topological polar surface area (TPSA) is 75.9 Å². The molecule has 5 rings (SSSR count). The molecular formula is C28H25BrFN5O. The molecule has 3 aromatic carbocycles. The Labute approximate surface area is 217 Å². The molecule has 6 nitrogen and oxygen atoms in total. The largest absolute Gasteiger partial charge is 0.384 e. The van der Waals surface area contributed by atoms with Crippen molar-refractivity contribution in [1.82, 2.24) is 19.7 Å². The maximum absolute atomic E-state index is 13.4. The monoisotopic (exact) mass is 545 g/mol. The van der Waals surface area contributed by atoms with Crippen LogP contribution in [0.3, 0.4) is 0 Å². The quantitative estimate of drug-likeness (QED) is 0.255. The minimum atomic E-state index is -0.802. The van der Waals surface area contributed by atoms with Crippen LogP contribution in [0.15, 0.2) is 77.3 Å². The summed E-state index contributed by atoms with van der Waals surface area (Å²) in [6.07, 6.45) is -0.0690. The van der Waals surface area contributed by atoms with Crippen molar-refractivity contribution in [2.75, 3.05) is 5.32 Å². The second-order valence-corrected chi connectivity index (χ2v) is 9.40. The van der Waals surface area contributed by atoms with Crippen molar-refractivity contribution in [1.29, 1.82) is 0 Å². The van der Waals surface area contributed by atoms with Gasteiger partial charge in [-0.2, -0.15) is 5.10 Å². The van der Waals surface area contributed by atoms with E-state index in [0.29, 0.717) is 23.8 Å². The van der Waals surface area contributed by atoms with Crippen LogP contribution in [0.4, 0.5) is 10.2 Å². The van der Waals surface area contributed by atoms with Crippen LogP contribution >= 0.6 is 15.9 Å². The number of rotatable bonds is 7.